The molecule has 2 aromatic rings. The van der Waals surface area contributed by atoms with Crippen LogP contribution < -0.4 is 5.32 Å². The second kappa shape index (κ2) is 5.38. The van der Waals surface area contributed by atoms with Gasteiger partial charge in [-0.15, -0.1) is 0 Å². The number of nitrogens with zero attached hydrogens (tertiary/aromatic N) is 1. The van der Waals surface area contributed by atoms with Crippen molar-refractivity contribution >= 4 is 38.9 Å². The van der Waals surface area contributed by atoms with Gasteiger partial charge in [-0.25, -0.2) is 4.98 Å². The number of hydrogen-bond donors (Lipinski definition) is 1. The summed E-state index contributed by atoms with van der Waals surface area (Å²) in [4.78, 5) is 3.79. The molecular weight excluding hydrogens is 344 g/mol. The third-order valence-corrected chi connectivity index (χ3v) is 3.20. The van der Waals surface area contributed by atoms with Crippen LogP contribution in [0.25, 0.3) is 0 Å². The summed E-state index contributed by atoms with van der Waals surface area (Å²) < 4.78 is 38.4. The summed E-state index contributed by atoms with van der Waals surface area (Å²) >= 11 is 8.91. The van der Waals surface area contributed by atoms with Crippen LogP contribution in [-0.4, -0.2) is 4.98 Å². The SMILES string of the molecule is FC(F)(F)c1ccc(Br)c(Nc2ccnc(Cl)c2)c1. The highest BCUT2D eigenvalue weighted by Gasteiger charge is 2.30. The summed E-state index contributed by atoms with van der Waals surface area (Å²) in [7, 11) is 0. The number of nitrogens with one attached hydrogen (secondary N) is 1. The van der Waals surface area contributed by atoms with E-state index in [0.717, 1.165) is 12.1 Å². The molecule has 0 amide bonds. The second-order valence-electron chi connectivity index (χ2n) is 3.68. The van der Waals surface area contributed by atoms with E-state index in [4.69, 9.17) is 11.6 Å². The Labute approximate surface area is 120 Å². The lowest BCUT2D eigenvalue weighted by Gasteiger charge is -2.12. The average molecular weight is 352 g/mol. The minimum Gasteiger partial charge on any atom is -0.354 e. The summed E-state index contributed by atoms with van der Waals surface area (Å²) in [5.74, 6) is 0. The zero-order chi connectivity index (χ0) is 14.0. The molecule has 0 fully saturated rings. The van der Waals surface area contributed by atoms with E-state index in [1.165, 1.54) is 18.3 Å². The molecule has 0 saturated heterocycles. The van der Waals surface area contributed by atoms with Gasteiger partial charge >= 0.3 is 6.18 Å². The van der Waals surface area contributed by atoms with Gasteiger partial charge in [-0.1, -0.05) is 11.6 Å². The van der Waals surface area contributed by atoms with Crippen molar-refractivity contribution in [1.29, 1.82) is 0 Å². The minimum absolute atomic E-state index is 0.257. The van der Waals surface area contributed by atoms with Crippen LogP contribution in [0.3, 0.4) is 0 Å². The molecular formula is C12H7BrClF3N2. The fourth-order valence-corrected chi connectivity index (χ4v) is 1.95. The molecule has 0 radical (unpaired) electrons. The van der Waals surface area contributed by atoms with Crippen LogP contribution in [0.1, 0.15) is 5.56 Å². The summed E-state index contributed by atoms with van der Waals surface area (Å²) in [5.41, 5.74) is 0.135. The summed E-state index contributed by atoms with van der Waals surface area (Å²) in [5, 5.41) is 3.11. The van der Waals surface area contributed by atoms with Crippen molar-refractivity contribution in [2.45, 2.75) is 6.18 Å². The van der Waals surface area contributed by atoms with E-state index in [-0.39, 0.29) is 5.15 Å². The van der Waals surface area contributed by atoms with Crippen molar-refractivity contribution in [1.82, 2.24) is 4.98 Å². The molecule has 2 rings (SSSR count). The van der Waals surface area contributed by atoms with Crippen LogP contribution in [0, 0.1) is 0 Å². The normalized spacial score (nSPS) is 11.4. The molecule has 0 aliphatic rings. The third-order valence-electron chi connectivity index (χ3n) is 2.30. The van der Waals surface area contributed by atoms with E-state index in [2.05, 4.69) is 26.2 Å². The number of alkyl halides is 3. The molecule has 0 atom stereocenters. The molecule has 1 aromatic heterocycles. The van der Waals surface area contributed by atoms with E-state index in [9.17, 15) is 13.2 Å². The van der Waals surface area contributed by atoms with E-state index in [0.29, 0.717) is 15.8 Å². The van der Waals surface area contributed by atoms with E-state index >= 15 is 0 Å². The number of rotatable bonds is 2. The number of anilines is 2. The Kier molecular flexibility index (Phi) is 4.01. The molecule has 2 nitrogen and oxygen atoms in total. The van der Waals surface area contributed by atoms with E-state index in [1.54, 1.807) is 6.07 Å². The highest BCUT2D eigenvalue weighted by molar-refractivity contribution is 9.10. The van der Waals surface area contributed by atoms with E-state index in [1.807, 2.05) is 0 Å². The highest BCUT2D eigenvalue weighted by Crippen LogP contribution is 2.35. The Balaban J connectivity index is 2.34. The lowest BCUT2D eigenvalue weighted by atomic mass is 10.2. The Morgan fingerprint density at radius 3 is 2.53 bits per heavy atom. The van der Waals surface area contributed by atoms with Crippen molar-refractivity contribution in [3.8, 4) is 0 Å². The molecule has 0 aliphatic carbocycles. The molecule has 19 heavy (non-hydrogen) atoms. The van der Waals surface area contributed by atoms with Crippen LogP contribution in [-0.2, 0) is 6.18 Å². The van der Waals surface area contributed by atoms with Crippen LogP contribution in [0.2, 0.25) is 5.15 Å². The lowest BCUT2D eigenvalue weighted by molar-refractivity contribution is -0.137. The van der Waals surface area contributed by atoms with Crippen LogP contribution >= 0.6 is 27.5 Å². The molecule has 0 saturated carbocycles. The Morgan fingerprint density at radius 2 is 1.89 bits per heavy atom. The molecule has 1 N–H and O–H groups in total. The van der Waals surface area contributed by atoms with Gasteiger partial charge in [0.15, 0.2) is 0 Å². The van der Waals surface area contributed by atoms with Gasteiger partial charge in [-0.05, 0) is 46.3 Å². The first-order valence-corrected chi connectivity index (χ1v) is 6.29. The first kappa shape index (κ1) is 14.1. The number of aromatic nitrogens is 1. The molecule has 1 heterocycles. The topological polar surface area (TPSA) is 24.9 Å². The predicted octanol–water partition coefficient (Wildman–Crippen LogP) is 5.26. The molecule has 0 aliphatic heterocycles. The van der Waals surface area contributed by atoms with Gasteiger partial charge in [0.25, 0.3) is 0 Å². The fourth-order valence-electron chi connectivity index (χ4n) is 1.43. The zero-order valence-electron chi connectivity index (χ0n) is 9.30. The monoisotopic (exact) mass is 350 g/mol. The van der Waals surface area contributed by atoms with Crippen molar-refractivity contribution in [2.75, 3.05) is 5.32 Å². The van der Waals surface area contributed by atoms with Gasteiger partial charge in [0.2, 0.25) is 0 Å². The molecule has 1 aromatic carbocycles. The van der Waals surface area contributed by atoms with Crippen molar-refractivity contribution < 1.29 is 13.2 Å². The number of benzene rings is 1. The number of halogens is 5. The standard InChI is InChI=1S/C12H7BrClF3N2/c13-9-2-1-7(12(15,16)17)5-10(9)19-8-3-4-18-11(14)6-8/h1-6H,(H,18,19). The lowest BCUT2D eigenvalue weighted by Crippen LogP contribution is -2.05. The van der Waals surface area contributed by atoms with Gasteiger partial charge < -0.3 is 5.32 Å². The summed E-state index contributed by atoms with van der Waals surface area (Å²) in [6, 6.07) is 6.51. The first-order chi connectivity index (χ1) is 8.86. The quantitative estimate of drug-likeness (QED) is 0.747. The second-order valence-corrected chi connectivity index (χ2v) is 4.93. The molecule has 100 valence electrons. The van der Waals surface area contributed by atoms with Crippen LogP contribution in [0.4, 0.5) is 24.5 Å². The summed E-state index contributed by atoms with van der Waals surface area (Å²) in [6.07, 6.45) is -2.92. The Bertz CT molecular complexity index is 602. The molecule has 0 bridgehead atoms. The molecule has 0 spiro atoms. The maximum absolute atomic E-state index is 12.6. The van der Waals surface area contributed by atoms with Gasteiger partial charge in [0.1, 0.15) is 5.15 Å². The van der Waals surface area contributed by atoms with Gasteiger partial charge in [-0.3, -0.25) is 0 Å². The van der Waals surface area contributed by atoms with Gasteiger partial charge in [0.05, 0.1) is 11.3 Å². The van der Waals surface area contributed by atoms with Crippen LogP contribution in [0.5, 0.6) is 0 Å². The van der Waals surface area contributed by atoms with Gasteiger partial charge in [-0.2, -0.15) is 13.2 Å². The Hall–Kier alpha value is -1.27. The molecule has 0 unspecified atom stereocenters. The third kappa shape index (κ3) is 3.61. The zero-order valence-corrected chi connectivity index (χ0v) is 11.6. The average Bonchev–Trinajstić information content (AvgIpc) is 2.30. The fraction of sp³-hybridized carbons (Fsp3) is 0.0833. The van der Waals surface area contributed by atoms with Crippen molar-refractivity contribution in [2.24, 2.45) is 0 Å². The maximum Gasteiger partial charge on any atom is 0.416 e. The molecule has 7 heteroatoms. The van der Waals surface area contributed by atoms with Gasteiger partial charge in [0, 0.05) is 16.4 Å². The maximum atomic E-state index is 12.6. The largest absolute Gasteiger partial charge is 0.416 e. The van der Waals surface area contributed by atoms with Crippen LogP contribution in [0.15, 0.2) is 41.0 Å². The van der Waals surface area contributed by atoms with Crippen molar-refractivity contribution in [3.63, 3.8) is 0 Å². The minimum atomic E-state index is -4.38. The smallest absolute Gasteiger partial charge is 0.354 e. The summed E-state index contributed by atoms with van der Waals surface area (Å²) in [6.45, 7) is 0. The first-order valence-electron chi connectivity index (χ1n) is 5.11. The Morgan fingerprint density at radius 1 is 1.16 bits per heavy atom. The van der Waals surface area contributed by atoms with E-state index < -0.39 is 11.7 Å². The highest BCUT2D eigenvalue weighted by atomic mass is 79.9. The predicted molar refractivity (Wildman–Crippen MR) is 71.7 cm³/mol. The number of hydrogen-bond acceptors (Lipinski definition) is 2. The number of pyridine rings is 1. The van der Waals surface area contributed by atoms with Crippen molar-refractivity contribution in [3.05, 3.63) is 51.7 Å².